The van der Waals surface area contributed by atoms with E-state index < -0.39 is 51.6 Å². The highest BCUT2D eigenvalue weighted by Crippen LogP contribution is 2.49. The van der Waals surface area contributed by atoms with E-state index in [0.717, 1.165) is 18.2 Å². The van der Waals surface area contributed by atoms with Crippen LogP contribution in [0, 0.1) is 5.82 Å². The third-order valence-corrected chi connectivity index (χ3v) is 4.21. The minimum Gasteiger partial charge on any atom is -0.459 e. The van der Waals surface area contributed by atoms with E-state index >= 15 is 0 Å². The van der Waals surface area contributed by atoms with Crippen LogP contribution < -0.4 is 0 Å². The molecule has 1 aromatic rings. The Kier molecular flexibility index (Phi) is 4.26. The normalized spacial score (nSPS) is 21.3. The number of hydrogen-bond donors (Lipinski definition) is 0. The van der Waals surface area contributed by atoms with Crippen molar-refractivity contribution in [2.24, 2.45) is 0 Å². The van der Waals surface area contributed by atoms with Gasteiger partial charge in [-0.2, -0.15) is 13.2 Å². The van der Waals surface area contributed by atoms with Crippen molar-refractivity contribution >= 4 is 23.5 Å². The first kappa shape index (κ1) is 17.8. The Balaban J connectivity index is 2.49. The molecule has 2 rings (SSSR count). The lowest BCUT2D eigenvalue weighted by Crippen LogP contribution is -2.47. The summed E-state index contributed by atoms with van der Waals surface area (Å²) in [5, 5.41) is 0. The molecule has 23 heavy (non-hydrogen) atoms. The monoisotopic (exact) mass is 350 g/mol. The van der Waals surface area contributed by atoms with Gasteiger partial charge in [-0.25, -0.2) is 4.39 Å². The van der Waals surface area contributed by atoms with Gasteiger partial charge in [0.15, 0.2) is 10.5 Å². The number of rotatable bonds is 2. The molecular weight excluding hydrogens is 336 g/mol. The van der Waals surface area contributed by atoms with Crippen molar-refractivity contribution in [3.8, 4) is 0 Å². The molecule has 126 valence electrons. The van der Waals surface area contributed by atoms with Crippen molar-refractivity contribution in [1.29, 1.82) is 0 Å². The van der Waals surface area contributed by atoms with E-state index in [-0.39, 0.29) is 11.1 Å². The second-order valence-electron chi connectivity index (χ2n) is 6.18. The number of ketones is 1. The van der Waals surface area contributed by atoms with Crippen LogP contribution in [0.25, 0.3) is 0 Å². The number of thioether (sulfide) groups is 1. The number of esters is 1. The number of alkyl halides is 3. The smallest absolute Gasteiger partial charge is 0.443 e. The van der Waals surface area contributed by atoms with Gasteiger partial charge in [0.2, 0.25) is 0 Å². The summed E-state index contributed by atoms with van der Waals surface area (Å²) in [4.78, 5) is 24.9. The molecule has 0 amide bonds. The van der Waals surface area contributed by atoms with Crippen LogP contribution in [0.5, 0.6) is 0 Å². The van der Waals surface area contributed by atoms with Crippen LogP contribution in [0.3, 0.4) is 0 Å². The van der Waals surface area contributed by atoms with Crippen molar-refractivity contribution in [2.75, 3.05) is 0 Å². The molecule has 0 heterocycles. The van der Waals surface area contributed by atoms with Gasteiger partial charge in [0, 0.05) is 12.0 Å². The number of fused-ring (bicyclic) bond motifs is 1. The first-order valence-corrected chi connectivity index (χ1v) is 7.49. The lowest BCUT2D eigenvalue weighted by atomic mass is 10.0. The van der Waals surface area contributed by atoms with Crippen LogP contribution >= 0.6 is 11.8 Å². The van der Waals surface area contributed by atoms with E-state index in [1.807, 2.05) is 0 Å². The third kappa shape index (κ3) is 3.68. The quantitative estimate of drug-likeness (QED) is 0.461. The van der Waals surface area contributed by atoms with Crippen LogP contribution in [-0.2, 0) is 16.0 Å². The van der Waals surface area contributed by atoms with Gasteiger partial charge in [-0.05, 0) is 56.3 Å². The summed E-state index contributed by atoms with van der Waals surface area (Å²) in [6.07, 6.45) is -0.558. The summed E-state index contributed by atoms with van der Waals surface area (Å²) in [5.41, 5.74) is -5.91. The van der Waals surface area contributed by atoms with E-state index in [2.05, 4.69) is 0 Å². The average Bonchev–Trinajstić information content (AvgIpc) is 2.58. The lowest BCUT2D eigenvalue weighted by molar-refractivity contribution is -0.156. The molecule has 1 unspecified atom stereocenters. The van der Waals surface area contributed by atoms with Crippen LogP contribution in [0.2, 0.25) is 0 Å². The predicted octanol–water partition coefficient (Wildman–Crippen LogP) is 3.90. The highest BCUT2D eigenvalue weighted by Gasteiger charge is 2.59. The maximum atomic E-state index is 13.3. The van der Waals surface area contributed by atoms with Crippen LogP contribution in [0.15, 0.2) is 18.2 Å². The third-order valence-electron chi connectivity index (χ3n) is 3.14. The number of carbonyl (C=O) groups is 2. The Morgan fingerprint density at radius 3 is 2.39 bits per heavy atom. The highest BCUT2D eigenvalue weighted by atomic mass is 32.2. The Bertz CT molecular complexity index is 664. The van der Waals surface area contributed by atoms with Crippen molar-refractivity contribution in [3.63, 3.8) is 0 Å². The maximum Gasteiger partial charge on any atom is 0.443 e. The number of ether oxygens (including phenoxy) is 1. The number of carbonyl (C=O) groups excluding carboxylic acids is 2. The fraction of sp³-hybridized carbons (Fsp3) is 0.467. The molecule has 0 aliphatic heterocycles. The molecule has 0 aromatic heterocycles. The van der Waals surface area contributed by atoms with Crippen LogP contribution in [0.4, 0.5) is 17.6 Å². The molecule has 1 aliphatic rings. The fourth-order valence-corrected chi connectivity index (χ4v) is 3.29. The van der Waals surface area contributed by atoms with Crippen molar-refractivity contribution in [1.82, 2.24) is 0 Å². The molecule has 8 heteroatoms. The molecule has 0 N–H and O–H groups in total. The molecule has 1 atom stereocenters. The second kappa shape index (κ2) is 5.51. The largest absolute Gasteiger partial charge is 0.459 e. The molecule has 1 aliphatic carbocycles. The Morgan fingerprint density at radius 1 is 1.26 bits per heavy atom. The molecule has 0 spiro atoms. The van der Waals surface area contributed by atoms with E-state index in [0.29, 0.717) is 0 Å². The first-order valence-electron chi connectivity index (χ1n) is 6.68. The molecule has 0 bridgehead atoms. The predicted molar refractivity (Wildman–Crippen MR) is 76.7 cm³/mol. The molecule has 0 fully saturated rings. The average molecular weight is 350 g/mol. The van der Waals surface area contributed by atoms with Crippen LogP contribution in [0.1, 0.15) is 36.7 Å². The van der Waals surface area contributed by atoms with Crippen molar-refractivity contribution < 1.29 is 31.9 Å². The second-order valence-corrected chi connectivity index (χ2v) is 7.55. The number of halogens is 4. The number of benzene rings is 1. The summed E-state index contributed by atoms with van der Waals surface area (Å²) in [7, 11) is 0. The van der Waals surface area contributed by atoms with Gasteiger partial charge in [0.1, 0.15) is 11.4 Å². The SMILES string of the molecule is CC(C)(C)OC(=O)C1(SC(F)(F)F)Cc2cc(F)ccc2C1=O. The maximum absolute atomic E-state index is 13.3. The zero-order valence-corrected chi connectivity index (χ0v) is 13.4. The Labute approximate surface area is 134 Å². The molecular formula is C15H14F4O3S. The van der Waals surface area contributed by atoms with Gasteiger partial charge in [0.25, 0.3) is 0 Å². The Hall–Kier alpha value is -1.57. The first-order chi connectivity index (χ1) is 10.3. The zero-order chi connectivity index (χ0) is 17.6. The standard InChI is InChI=1S/C15H14F4O3S/c1-13(2,3)22-12(21)14(23-15(17,18)19)7-8-6-9(16)4-5-10(8)11(14)20/h4-6H,7H2,1-3H3. The summed E-state index contributed by atoms with van der Waals surface area (Å²) >= 11 is -0.715. The summed E-state index contributed by atoms with van der Waals surface area (Å²) in [5.74, 6) is -2.97. The molecule has 0 saturated carbocycles. The molecule has 0 radical (unpaired) electrons. The number of Topliss-reactive ketones (excluding diaryl/α,β-unsaturated/α-hetero) is 1. The van der Waals surface area contributed by atoms with Gasteiger partial charge in [0.05, 0.1) is 0 Å². The van der Waals surface area contributed by atoms with E-state index in [9.17, 15) is 27.2 Å². The minimum atomic E-state index is -4.83. The van der Waals surface area contributed by atoms with Gasteiger partial charge < -0.3 is 4.74 Å². The molecule has 0 saturated heterocycles. The van der Waals surface area contributed by atoms with Gasteiger partial charge in [-0.3, -0.25) is 9.59 Å². The summed E-state index contributed by atoms with van der Waals surface area (Å²) in [6, 6.07) is 3.03. The van der Waals surface area contributed by atoms with Crippen molar-refractivity contribution in [3.05, 3.63) is 35.1 Å². The van der Waals surface area contributed by atoms with Crippen LogP contribution in [-0.4, -0.2) is 27.6 Å². The van der Waals surface area contributed by atoms with E-state index in [1.165, 1.54) is 20.8 Å². The van der Waals surface area contributed by atoms with Gasteiger partial charge in [-0.15, -0.1) is 0 Å². The minimum absolute atomic E-state index is 0.0672. The molecule has 3 nitrogen and oxygen atoms in total. The lowest BCUT2D eigenvalue weighted by Gasteiger charge is -2.29. The highest BCUT2D eigenvalue weighted by molar-refractivity contribution is 8.03. The molecule has 1 aromatic carbocycles. The van der Waals surface area contributed by atoms with Crippen molar-refractivity contribution in [2.45, 2.75) is 43.0 Å². The number of hydrogen-bond acceptors (Lipinski definition) is 4. The van der Waals surface area contributed by atoms with E-state index in [1.54, 1.807) is 0 Å². The summed E-state index contributed by atoms with van der Waals surface area (Å²) < 4.78 is 54.7. The summed E-state index contributed by atoms with van der Waals surface area (Å²) in [6.45, 7) is 4.47. The van der Waals surface area contributed by atoms with Gasteiger partial charge >= 0.3 is 11.5 Å². The Morgan fingerprint density at radius 2 is 1.87 bits per heavy atom. The topological polar surface area (TPSA) is 43.4 Å². The van der Waals surface area contributed by atoms with Gasteiger partial charge in [-0.1, -0.05) is 0 Å². The van der Waals surface area contributed by atoms with E-state index in [4.69, 9.17) is 4.74 Å². The zero-order valence-electron chi connectivity index (χ0n) is 12.6. The fourth-order valence-electron chi connectivity index (χ4n) is 2.34.